The van der Waals surface area contributed by atoms with E-state index in [9.17, 15) is 4.79 Å². The molecular formula is C18H22N2O3S. The van der Waals surface area contributed by atoms with Gasteiger partial charge in [-0.1, -0.05) is 6.92 Å². The molecule has 128 valence electrons. The van der Waals surface area contributed by atoms with Crippen molar-refractivity contribution in [3.63, 3.8) is 0 Å². The molecule has 5 nitrogen and oxygen atoms in total. The summed E-state index contributed by atoms with van der Waals surface area (Å²) in [7, 11) is 1.62. The minimum Gasteiger partial charge on any atom is -0.493 e. The highest BCUT2D eigenvalue weighted by molar-refractivity contribution is 7.13. The fourth-order valence-electron chi connectivity index (χ4n) is 2.29. The number of methoxy groups -OCH3 is 1. The molecule has 1 aromatic carbocycles. The maximum Gasteiger partial charge on any atom is 0.270 e. The normalized spacial score (nSPS) is 13.6. The highest BCUT2D eigenvalue weighted by Gasteiger charge is 2.22. The smallest absolute Gasteiger partial charge is 0.270 e. The molecule has 24 heavy (non-hydrogen) atoms. The Balaban J connectivity index is 1.72. The van der Waals surface area contributed by atoms with Crippen molar-refractivity contribution in [1.82, 2.24) is 10.3 Å². The maximum atomic E-state index is 12.1. The van der Waals surface area contributed by atoms with Crippen LogP contribution in [0.4, 0.5) is 0 Å². The van der Waals surface area contributed by atoms with Gasteiger partial charge < -0.3 is 14.8 Å². The fourth-order valence-corrected chi connectivity index (χ4v) is 3.09. The molecule has 2 aromatic rings. The quantitative estimate of drug-likeness (QED) is 0.791. The van der Waals surface area contributed by atoms with Crippen LogP contribution in [0.2, 0.25) is 0 Å². The number of nitrogens with one attached hydrogen (secondary N) is 1. The van der Waals surface area contributed by atoms with Crippen LogP contribution in [0.25, 0.3) is 10.6 Å². The van der Waals surface area contributed by atoms with E-state index in [2.05, 4.69) is 17.2 Å². The van der Waals surface area contributed by atoms with Crippen molar-refractivity contribution < 1.29 is 14.3 Å². The van der Waals surface area contributed by atoms with Gasteiger partial charge in [0, 0.05) is 17.5 Å². The minimum absolute atomic E-state index is 0.0979. The van der Waals surface area contributed by atoms with Crippen LogP contribution in [0.5, 0.6) is 11.5 Å². The van der Waals surface area contributed by atoms with Crippen molar-refractivity contribution >= 4 is 17.2 Å². The Morgan fingerprint density at radius 3 is 2.92 bits per heavy atom. The van der Waals surface area contributed by atoms with Gasteiger partial charge in [0.2, 0.25) is 0 Å². The number of thiazole rings is 1. The fraction of sp³-hybridized carbons (Fsp3) is 0.444. The van der Waals surface area contributed by atoms with Crippen molar-refractivity contribution in [1.29, 1.82) is 0 Å². The molecule has 1 aromatic heterocycles. The average Bonchev–Trinajstić information content (AvgIpc) is 3.31. The Morgan fingerprint density at radius 1 is 1.38 bits per heavy atom. The van der Waals surface area contributed by atoms with Gasteiger partial charge in [-0.05, 0) is 43.4 Å². The molecule has 1 saturated carbocycles. The molecule has 1 N–H and O–H groups in total. The summed E-state index contributed by atoms with van der Waals surface area (Å²) in [5.74, 6) is 1.96. The first-order chi connectivity index (χ1) is 11.7. The molecule has 1 aliphatic rings. The predicted molar refractivity (Wildman–Crippen MR) is 94.9 cm³/mol. The van der Waals surface area contributed by atoms with E-state index in [-0.39, 0.29) is 5.91 Å². The molecule has 0 radical (unpaired) electrons. The van der Waals surface area contributed by atoms with Gasteiger partial charge in [0.1, 0.15) is 10.7 Å². The Bertz CT molecular complexity index is 710. The number of nitrogens with zero attached hydrogens (tertiary/aromatic N) is 1. The number of benzene rings is 1. The van der Waals surface area contributed by atoms with Gasteiger partial charge in [-0.25, -0.2) is 4.98 Å². The SMILES string of the molecule is CCCOc1ccc(-c2nc(C(=O)NCC3CC3)cs2)cc1OC. The van der Waals surface area contributed by atoms with Crippen LogP contribution in [-0.2, 0) is 0 Å². The highest BCUT2D eigenvalue weighted by Crippen LogP contribution is 2.34. The summed E-state index contributed by atoms with van der Waals surface area (Å²) >= 11 is 1.46. The lowest BCUT2D eigenvalue weighted by Crippen LogP contribution is -2.25. The third-order valence-corrected chi connectivity index (χ3v) is 4.75. The number of ether oxygens (including phenoxy) is 2. The van der Waals surface area contributed by atoms with Crippen LogP contribution in [0.1, 0.15) is 36.7 Å². The van der Waals surface area contributed by atoms with E-state index < -0.39 is 0 Å². The molecule has 6 heteroatoms. The van der Waals surface area contributed by atoms with Crippen molar-refractivity contribution in [2.24, 2.45) is 5.92 Å². The summed E-state index contributed by atoms with van der Waals surface area (Å²) in [5.41, 5.74) is 1.39. The van der Waals surface area contributed by atoms with Gasteiger partial charge in [0.05, 0.1) is 13.7 Å². The third-order valence-electron chi connectivity index (χ3n) is 3.86. The molecule has 3 rings (SSSR count). The van der Waals surface area contributed by atoms with E-state index in [0.29, 0.717) is 24.0 Å². The van der Waals surface area contributed by atoms with Crippen molar-refractivity contribution in [3.05, 3.63) is 29.3 Å². The first kappa shape index (κ1) is 16.8. The molecule has 0 unspecified atom stereocenters. The van der Waals surface area contributed by atoms with Gasteiger partial charge in [-0.15, -0.1) is 11.3 Å². The second-order valence-electron chi connectivity index (χ2n) is 5.91. The van der Waals surface area contributed by atoms with Crippen molar-refractivity contribution in [2.75, 3.05) is 20.3 Å². The maximum absolute atomic E-state index is 12.1. The van der Waals surface area contributed by atoms with Gasteiger partial charge in [-0.3, -0.25) is 4.79 Å². The van der Waals surface area contributed by atoms with Crippen LogP contribution in [0, 0.1) is 5.92 Å². The van der Waals surface area contributed by atoms with E-state index in [1.54, 1.807) is 12.5 Å². The number of carbonyl (C=O) groups is 1. The summed E-state index contributed by atoms with van der Waals surface area (Å²) in [6, 6.07) is 5.73. The zero-order chi connectivity index (χ0) is 16.9. The average molecular weight is 346 g/mol. The summed E-state index contributed by atoms with van der Waals surface area (Å²) in [4.78, 5) is 16.6. The van der Waals surface area contributed by atoms with Crippen LogP contribution >= 0.6 is 11.3 Å². The predicted octanol–water partition coefficient (Wildman–Crippen LogP) is 3.75. The lowest BCUT2D eigenvalue weighted by Gasteiger charge is -2.10. The Morgan fingerprint density at radius 2 is 2.21 bits per heavy atom. The van der Waals surface area contributed by atoms with Gasteiger partial charge in [-0.2, -0.15) is 0 Å². The molecule has 0 saturated heterocycles. The van der Waals surface area contributed by atoms with Crippen molar-refractivity contribution in [2.45, 2.75) is 26.2 Å². The minimum atomic E-state index is -0.0979. The lowest BCUT2D eigenvalue weighted by molar-refractivity contribution is 0.0947. The molecular weight excluding hydrogens is 324 g/mol. The second-order valence-corrected chi connectivity index (χ2v) is 6.76. The molecule has 1 fully saturated rings. The summed E-state index contributed by atoms with van der Waals surface area (Å²) in [6.45, 7) is 3.47. The first-order valence-electron chi connectivity index (χ1n) is 8.26. The monoisotopic (exact) mass is 346 g/mol. The second kappa shape index (κ2) is 7.66. The summed E-state index contributed by atoms with van der Waals surface area (Å²) in [5, 5.41) is 5.54. The lowest BCUT2D eigenvalue weighted by atomic mass is 10.2. The van der Waals surface area contributed by atoms with Gasteiger partial charge in [0.15, 0.2) is 11.5 Å². The number of aromatic nitrogens is 1. The molecule has 1 heterocycles. The van der Waals surface area contributed by atoms with Crippen LogP contribution in [0.15, 0.2) is 23.6 Å². The molecule has 0 aliphatic heterocycles. The summed E-state index contributed by atoms with van der Waals surface area (Å²) in [6.07, 6.45) is 3.38. The van der Waals surface area contributed by atoms with E-state index in [4.69, 9.17) is 9.47 Å². The van der Waals surface area contributed by atoms with Crippen LogP contribution < -0.4 is 14.8 Å². The first-order valence-corrected chi connectivity index (χ1v) is 9.14. The number of carbonyl (C=O) groups excluding carboxylic acids is 1. The van der Waals surface area contributed by atoms with E-state index in [1.807, 2.05) is 18.2 Å². The molecule has 1 aliphatic carbocycles. The van der Waals surface area contributed by atoms with E-state index in [1.165, 1.54) is 24.2 Å². The molecule has 1 amide bonds. The number of hydrogen-bond acceptors (Lipinski definition) is 5. The van der Waals surface area contributed by atoms with Crippen molar-refractivity contribution in [3.8, 4) is 22.1 Å². The largest absolute Gasteiger partial charge is 0.493 e. The van der Waals surface area contributed by atoms with Crippen LogP contribution in [0.3, 0.4) is 0 Å². The third kappa shape index (κ3) is 4.06. The topological polar surface area (TPSA) is 60.5 Å². The Kier molecular flexibility index (Phi) is 5.35. The molecule has 0 atom stereocenters. The van der Waals surface area contributed by atoms with E-state index in [0.717, 1.165) is 29.3 Å². The zero-order valence-electron chi connectivity index (χ0n) is 14.0. The van der Waals surface area contributed by atoms with Gasteiger partial charge in [0.25, 0.3) is 5.91 Å². The number of amides is 1. The van der Waals surface area contributed by atoms with Crippen LogP contribution in [-0.4, -0.2) is 31.2 Å². The highest BCUT2D eigenvalue weighted by atomic mass is 32.1. The summed E-state index contributed by atoms with van der Waals surface area (Å²) < 4.78 is 11.1. The molecule has 0 bridgehead atoms. The zero-order valence-corrected chi connectivity index (χ0v) is 14.8. The van der Waals surface area contributed by atoms with E-state index >= 15 is 0 Å². The standard InChI is InChI=1S/C18H22N2O3S/c1-3-8-23-15-7-6-13(9-16(15)22-2)18-20-14(11-24-18)17(21)19-10-12-4-5-12/h6-7,9,11-12H,3-5,8,10H2,1-2H3,(H,19,21). The Hall–Kier alpha value is -2.08. The number of hydrogen-bond donors (Lipinski definition) is 1. The Labute approximate surface area is 146 Å². The van der Waals surface area contributed by atoms with Gasteiger partial charge >= 0.3 is 0 Å². The number of rotatable bonds is 8. The molecule has 0 spiro atoms.